The molecule has 3 aliphatic carbocycles. The number of nitrogens with zero attached hydrogens (tertiary/aromatic N) is 1. The fraction of sp³-hybridized carbons (Fsp3) is 0.652. The fourth-order valence-electron chi connectivity index (χ4n) is 6.74. The van der Waals surface area contributed by atoms with E-state index in [1.165, 1.54) is 17.9 Å². The minimum absolute atomic E-state index is 0.0323. The second-order valence-corrected chi connectivity index (χ2v) is 10.00. The molecule has 170 valence electrons. The lowest BCUT2D eigenvalue weighted by atomic mass is 9.55. The number of carbonyl (C=O) groups excluding carboxylic acids is 1. The van der Waals surface area contributed by atoms with Crippen LogP contribution >= 0.6 is 12.6 Å². The highest BCUT2D eigenvalue weighted by atomic mass is 32.1. The highest BCUT2D eigenvalue weighted by Crippen LogP contribution is 2.63. The second-order valence-electron chi connectivity index (χ2n) is 9.63. The lowest BCUT2D eigenvalue weighted by molar-refractivity contribution is -0.139. The molecule has 31 heavy (non-hydrogen) atoms. The van der Waals surface area contributed by atoms with E-state index in [2.05, 4.69) is 19.6 Å². The van der Waals surface area contributed by atoms with Crippen LogP contribution in [0.1, 0.15) is 63.0 Å². The Morgan fingerprint density at radius 2 is 1.97 bits per heavy atom. The largest absolute Gasteiger partial charge is 0.504 e. The number of phenolic OH excluding ortho intramolecular Hbond substituents is 2. The van der Waals surface area contributed by atoms with Crippen molar-refractivity contribution in [1.29, 1.82) is 0 Å². The van der Waals surface area contributed by atoms with Crippen molar-refractivity contribution in [2.75, 3.05) is 10.7 Å². The summed E-state index contributed by atoms with van der Waals surface area (Å²) in [6.07, 6.45) is 4.39. The maximum atomic E-state index is 12.6. The van der Waals surface area contributed by atoms with E-state index in [0.29, 0.717) is 23.6 Å². The predicted octanol–water partition coefficient (Wildman–Crippen LogP) is 3.05. The van der Waals surface area contributed by atoms with E-state index >= 15 is 0 Å². The molecule has 0 aliphatic heterocycles. The highest BCUT2D eigenvalue weighted by Gasteiger charge is 2.55. The van der Waals surface area contributed by atoms with Crippen molar-refractivity contribution in [1.82, 2.24) is 0 Å². The van der Waals surface area contributed by atoms with Crippen LogP contribution < -0.4 is 4.90 Å². The number of aliphatic hydroxyl groups is 1. The number of aliphatic hydroxyl groups excluding tert-OH is 1. The number of carboxylic acids is 1. The lowest BCUT2D eigenvalue weighted by Gasteiger charge is -2.51. The molecule has 3 aliphatic rings. The van der Waals surface area contributed by atoms with Crippen LogP contribution in [-0.2, 0) is 16.0 Å². The summed E-state index contributed by atoms with van der Waals surface area (Å²) in [6.45, 7) is 3.47. The number of phenols is 2. The minimum atomic E-state index is -1.18. The number of benzene rings is 1. The zero-order valence-corrected chi connectivity index (χ0v) is 18.8. The van der Waals surface area contributed by atoms with E-state index in [-0.39, 0.29) is 40.6 Å². The van der Waals surface area contributed by atoms with Gasteiger partial charge in [-0.3, -0.25) is 9.69 Å². The number of hydrogen-bond acceptors (Lipinski definition) is 6. The number of amides is 1. The molecule has 1 aromatic rings. The van der Waals surface area contributed by atoms with Crippen LogP contribution in [0.25, 0.3) is 0 Å². The van der Waals surface area contributed by atoms with Crippen molar-refractivity contribution in [2.24, 2.45) is 17.3 Å². The third-order valence-corrected chi connectivity index (χ3v) is 8.60. The Morgan fingerprint density at radius 3 is 2.58 bits per heavy atom. The molecule has 0 heterocycles. The predicted molar refractivity (Wildman–Crippen MR) is 119 cm³/mol. The van der Waals surface area contributed by atoms with Gasteiger partial charge in [0.15, 0.2) is 11.5 Å². The Labute approximate surface area is 187 Å². The van der Waals surface area contributed by atoms with Crippen molar-refractivity contribution in [3.63, 3.8) is 0 Å². The first-order valence-electron chi connectivity index (χ1n) is 11.0. The van der Waals surface area contributed by atoms with Gasteiger partial charge in [0.05, 0.1) is 11.8 Å². The average Bonchev–Trinajstić information content (AvgIpc) is 3.02. The molecule has 0 aromatic heterocycles. The number of carbonyl (C=O) groups is 2. The summed E-state index contributed by atoms with van der Waals surface area (Å²) in [5.41, 5.74) is 1.61. The number of hydrogen-bond donors (Lipinski definition) is 5. The van der Waals surface area contributed by atoms with Crippen molar-refractivity contribution >= 4 is 30.2 Å². The van der Waals surface area contributed by atoms with Gasteiger partial charge < -0.3 is 20.4 Å². The Kier molecular flexibility index (Phi) is 5.67. The zero-order chi connectivity index (χ0) is 22.7. The van der Waals surface area contributed by atoms with Gasteiger partial charge in [0.25, 0.3) is 0 Å². The van der Waals surface area contributed by atoms with Crippen molar-refractivity contribution < 1.29 is 30.0 Å². The normalized spacial score (nSPS) is 32.5. The third-order valence-electron chi connectivity index (χ3n) is 8.26. The fourth-order valence-corrected chi connectivity index (χ4v) is 7.06. The summed E-state index contributed by atoms with van der Waals surface area (Å²) < 4.78 is 0. The molecule has 1 unspecified atom stereocenters. The van der Waals surface area contributed by atoms with Gasteiger partial charge in [-0.1, -0.05) is 6.92 Å². The number of anilines is 1. The van der Waals surface area contributed by atoms with E-state index in [1.807, 2.05) is 0 Å². The molecule has 6 atom stereocenters. The van der Waals surface area contributed by atoms with E-state index in [4.69, 9.17) is 0 Å². The second kappa shape index (κ2) is 7.89. The van der Waals surface area contributed by atoms with E-state index in [0.717, 1.165) is 37.7 Å². The summed E-state index contributed by atoms with van der Waals surface area (Å²) in [4.78, 5) is 25.7. The van der Waals surface area contributed by atoms with Crippen LogP contribution in [0.2, 0.25) is 0 Å². The monoisotopic (exact) mass is 449 g/mol. The summed E-state index contributed by atoms with van der Waals surface area (Å²) >= 11 is 4.16. The van der Waals surface area contributed by atoms with Gasteiger partial charge in [-0.25, -0.2) is 4.79 Å². The molecule has 7 nitrogen and oxygen atoms in total. The van der Waals surface area contributed by atoms with Crippen molar-refractivity contribution in [2.45, 2.75) is 70.4 Å². The Bertz CT molecular complexity index is 920. The summed E-state index contributed by atoms with van der Waals surface area (Å²) in [5.74, 6) is -1.58. The van der Waals surface area contributed by atoms with Crippen LogP contribution in [0.5, 0.6) is 11.5 Å². The van der Waals surface area contributed by atoms with Crippen LogP contribution in [-0.4, -0.2) is 50.2 Å². The van der Waals surface area contributed by atoms with Gasteiger partial charge in [0.2, 0.25) is 5.91 Å². The molecule has 8 heteroatoms. The van der Waals surface area contributed by atoms with Crippen molar-refractivity contribution in [3.8, 4) is 11.5 Å². The lowest BCUT2D eigenvalue weighted by Crippen LogP contribution is -2.48. The highest BCUT2D eigenvalue weighted by molar-refractivity contribution is 7.80. The minimum Gasteiger partial charge on any atom is -0.504 e. The van der Waals surface area contributed by atoms with E-state index in [9.17, 15) is 30.0 Å². The molecule has 0 saturated heterocycles. The first-order chi connectivity index (χ1) is 14.6. The number of rotatable bonds is 4. The molecule has 0 bridgehead atoms. The number of thiol groups is 1. The van der Waals surface area contributed by atoms with E-state index < -0.39 is 17.9 Å². The third kappa shape index (κ3) is 3.30. The van der Waals surface area contributed by atoms with Gasteiger partial charge in [-0.15, -0.1) is 0 Å². The number of aromatic hydroxyl groups is 2. The van der Waals surface area contributed by atoms with Crippen LogP contribution in [0.15, 0.2) is 6.07 Å². The number of fused-ring (bicyclic) bond motifs is 5. The molecule has 0 radical (unpaired) electrons. The number of aliphatic carboxylic acids is 1. The van der Waals surface area contributed by atoms with Crippen LogP contribution in [0.4, 0.5) is 5.69 Å². The molecular formula is C23H31NO6S. The molecule has 0 spiro atoms. The van der Waals surface area contributed by atoms with Gasteiger partial charge >= 0.3 is 5.97 Å². The Morgan fingerprint density at radius 1 is 1.26 bits per heavy atom. The van der Waals surface area contributed by atoms with Crippen molar-refractivity contribution in [3.05, 3.63) is 17.2 Å². The maximum absolute atomic E-state index is 12.6. The first kappa shape index (κ1) is 22.3. The molecule has 2 saturated carbocycles. The average molecular weight is 450 g/mol. The van der Waals surface area contributed by atoms with Gasteiger partial charge in [0.1, 0.15) is 6.04 Å². The molecule has 4 rings (SSSR count). The number of carboxylic acid groups (broad SMARTS) is 1. The standard InChI is InChI=1S/C23H31NO6S/c1-11(25)24(17(10-31)22(29)30)16-9-18(26)21(28)14-4-3-12-13(20(14)16)7-8-23(2)15(12)5-6-19(23)27/h9,12-13,15,17,19,26-28,31H,3-8,10H2,1-2H3,(H,29,30)/t12-,13+,15+,17+,19?,23+/m1/s1. The topological polar surface area (TPSA) is 118 Å². The summed E-state index contributed by atoms with van der Waals surface area (Å²) in [5, 5.41) is 41.4. The van der Waals surface area contributed by atoms with Crippen LogP contribution in [0, 0.1) is 17.3 Å². The quantitative estimate of drug-likeness (QED) is 0.356. The molecule has 4 N–H and O–H groups in total. The Balaban J connectivity index is 1.87. The van der Waals surface area contributed by atoms with Gasteiger partial charge in [-0.2, -0.15) is 12.6 Å². The molecule has 2 fully saturated rings. The smallest absolute Gasteiger partial charge is 0.327 e. The van der Waals surface area contributed by atoms with Gasteiger partial charge in [-0.05, 0) is 67.3 Å². The van der Waals surface area contributed by atoms with Crippen LogP contribution in [0.3, 0.4) is 0 Å². The molecular weight excluding hydrogens is 418 g/mol. The Hall–Kier alpha value is -1.93. The van der Waals surface area contributed by atoms with E-state index in [1.54, 1.807) is 0 Å². The zero-order valence-electron chi connectivity index (χ0n) is 17.9. The summed E-state index contributed by atoms with van der Waals surface area (Å²) in [6, 6.07) is 0.144. The van der Waals surface area contributed by atoms with Gasteiger partial charge in [0, 0.05) is 24.3 Å². The molecule has 1 amide bonds. The SMILES string of the molecule is CC(=O)N(c1cc(O)c(O)c2c1[C@H]1CC[C@]3(C)C(O)CC[C@H]3[C@@H]1CC2)[C@@H](CS)C(=O)O. The maximum Gasteiger partial charge on any atom is 0.327 e. The molecule has 1 aromatic carbocycles. The first-order valence-corrected chi connectivity index (χ1v) is 11.6. The summed E-state index contributed by atoms with van der Waals surface area (Å²) in [7, 11) is 0.